The number of thiazole rings is 1. The molecular weight excluding hydrogens is 194 g/mol. The summed E-state index contributed by atoms with van der Waals surface area (Å²) in [6.45, 7) is 2.03. The minimum Gasteiger partial charge on any atom is -0.271 e. The van der Waals surface area contributed by atoms with Crippen LogP contribution in [0.3, 0.4) is 0 Å². The highest BCUT2D eigenvalue weighted by Crippen LogP contribution is 2.35. The van der Waals surface area contributed by atoms with Gasteiger partial charge in [0.1, 0.15) is 0 Å². The lowest BCUT2D eigenvalue weighted by Gasteiger charge is -2.28. The van der Waals surface area contributed by atoms with Gasteiger partial charge in [0.05, 0.1) is 11.0 Å². The summed E-state index contributed by atoms with van der Waals surface area (Å²) < 4.78 is 0. The smallest absolute Gasteiger partial charge is 0.0897 e. The number of hydrazine groups is 1. The number of hydrogen-bond donors (Lipinski definition) is 2. The lowest BCUT2D eigenvalue weighted by atomic mass is 9.81. The molecule has 14 heavy (non-hydrogen) atoms. The Labute approximate surface area is 88.7 Å². The monoisotopic (exact) mass is 211 g/mol. The van der Waals surface area contributed by atoms with E-state index in [1.165, 1.54) is 24.1 Å². The van der Waals surface area contributed by atoms with Gasteiger partial charge in [-0.15, -0.1) is 11.3 Å². The highest BCUT2D eigenvalue weighted by atomic mass is 32.1. The molecule has 1 aliphatic rings. The fourth-order valence-corrected chi connectivity index (χ4v) is 2.73. The maximum Gasteiger partial charge on any atom is 0.0897 e. The molecule has 0 aliphatic heterocycles. The van der Waals surface area contributed by atoms with Crippen LogP contribution in [0, 0.1) is 12.8 Å². The minimum atomic E-state index is 0.312. The molecule has 1 unspecified atom stereocenters. The molecule has 1 saturated carbocycles. The molecule has 1 aromatic heterocycles. The van der Waals surface area contributed by atoms with Crippen LogP contribution in [-0.2, 0) is 0 Å². The summed E-state index contributed by atoms with van der Waals surface area (Å²) >= 11 is 1.74. The van der Waals surface area contributed by atoms with Crippen molar-refractivity contribution in [2.75, 3.05) is 0 Å². The average molecular weight is 211 g/mol. The van der Waals surface area contributed by atoms with Crippen molar-refractivity contribution < 1.29 is 0 Å². The van der Waals surface area contributed by atoms with E-state index >= 15 is 0 Å². The standard InChI is InChI=1S/C10H17N3S/c1-7-12-6-10(14-7)9(13-11)5-8-3-2-4-8/h6,8-9,13H,2-5,11H2,1H3. The SMILES string of the molecule is Cc1ncc(C(CC2CCC2)NN)s1. The molecule has 0 aromatic carbocycles. The summed E-state index contributed by atoms with van der Waals surface area (Å²) in [6.07, 6.45) is 7.25. The van der Waals surface area contributed by atoms with Gasteiger partial charge < -0.3 is 0 Å². The number of nitrogens with one attached hydrogen (secondary N) is 1. The molecule has 1 aromatic rings. The Morgan fingerprint density at radius 1 is 1.71 bits per heavy atom. The molecule has 0 saturated heterocycles. The van der Waals surface area contributed by atoms with Crippen LogP contribution in [-0.4, -0.2) is 4.98 Å². The highest BCUT2D eigenvalue weighted by Gasteiger charge is 2.23. The van der Waals surface area contributed by atoms with E-state index < -0.39 is 0 Å². The van der Waals surface area contributed by atoms with Crippen LogP contribution < -0.4 is 11.3 Å². The Hall–Kier alpha value is -0.450. The Balaban J connectivity index is 1.97. The molecule has 0 radical (unpaired) electrons. The van der Waals surface area contributed by atoms with Gasteiger partial charge in [-0.25, -0.2) is 4.98 Å². The lowest BCUT2D eigenvalue weighted by Crippen LogP contribution is -2.30. The van der Waals surface area contributed by atoms with E-state index in [9.17, 15) is 0 Å². The van der Waals surface area contributed by atoms with E-state index in [1.807, 2.05) is 13.1 Å². The van der Waals surface area contributed by atoms with Crippen LogP contribution >= 0.6 is 11.3 Å². The van der Waals surface area contributed by atoms with Crippen LogP contribution in [0.2, 0.25) is 0 Å². The van der Waals surface area contributed by atoms with Crippen molar-refractivity contribution in [3.05, 3.63) is 16.1 Å². The van der Waals surface area contributed by atoms with Gasteiger partial charge in [-0.05, 0) is 19.3 Å². The van der Waals surface area contributed by atoms with Gasteiger partial charge in [0.15, 0.2) is 0 Å². The number of rotatable bonds is 4. The molecule has 0 amide bonds. The van der Waals surface area contributed by atoms with Crippen molar-refractivity contribution >= 4 is 11.3 Å². The topological polar surface area (TPSA) is 50.9 Å². The number of nitrogens with zero attached hydrogens (tertiary/aromatic N) is 1. The van der Waals surface area contributed by atoms with Crippen molar-refractivity contribution in [3.63, 3.8) is 0 Å². The van der Waals surface area contributed by atoms with E-state index in [-0.39, 0.29) is 0 Å². The quantitative estimate of drug-likeness (QED) is 0.592. The second-order valence-corrected chi connectivity index (χ2v) is 5.30. The van der Waals surface area contributed by atoms with Crippen molar-refractivity contribution in [2.24, 2.45) is 11.8 Å². The Morgan fingerprint density at radius 3 is 2.93 bits per heavy atom. The van der Waals surface area contributed by atoms with Gasteiger partial charge >= 0.3 is 0 Å². The predicted octanol–water partition coefficient (Wildman–Crippen LogP) is 2.15. The second kappa shape index (κ2) is 4.38. The third-order valence-electron chi connectivity index (χ3n) is 2.98. The van der Waals surface area contributed by atoms with Crippen molar-refractivity contribution in [3.8, 4) is 0 Å². The first-order valence-corrected chi connectivity index (χ1v) is 5.99. The first kappa shape index (κ1) is 10.1. The molecule has 4 heteroatoms. The second-order valence-electron chi connectivity index (χ2n) is 4.03. The van der Waals surface area contributed by atoms with Gasteiger partial charge in [-0.3, -0.25) is 11.3 Å². The molecular formula is C10H17N3S. The third kappa shape index (κ3) is 2.13. The summed E-state index contributed by atoms with van der Waals surface area (Å²) in [5.74, 6) is 6.44. The van der Waals surface area contributed by atoms with Crippen molar-refractivity contribution in [2.45, 2.75) is 38.6 Å². The molecule has 0 spiro atoms. The van der Waals surface area contributed by atoms with Crippen LogP contribution in [0.5, 0.6) is 0 Å². The van der Waals surface area contributed by atoms with Crippen molar-refractivity contribution in [1.29, 1.82) is 0 Å². The molecule has 2 rings (SSSR count). The number of aromatic nitrogens is 1. The van der Waals surface area contributed by atoms with Crippen LogP contribution in [0.4, 0.5) is 0 Å². The zero-order valence-corrected chi connectivity index (χ0v) is 9.31. The highest BCUT2D eigenvalue weighted by molar-refractivity contribution is 7.11. The maximum absolute atomic E-state index is 5.57. The van der Waals surface area contributed by atoms with Crippen LogP contribution in [0.25, 0.3) is 0 Å². The molecule has 1 atom stereocenters. The summed E-state index contributed by atoms with van der Waals surface area (Å²) in [6, 6.07) is 0.312. The summed E-state index contributed by atoms with van der Waals surface area (Å²) in [7, 11) is 0. The fourth-order valence-electron chi connectivity index (χ4n) is 1.87. The molecule has 0 bridgehead atoms. The first-order chi connectivity index (χ1) is 6.79. The van der Waals surface area contributed by atoms with Crippen LogP contribution in [0.15, 0.2) is 6.20 Å². The number of aryl methyl sites for hydroxylation is 1. The maximum atomic E-state index is 5.57. The molecule has 1 fully saturated rings. The number of nitrogens with two attached hydrogens (primary N) is 1. The van der Waals surface area contributed by atoms with Gasteiger partial charge in [0, 0.05) is 11.1 Å². The number of hydrogen-bond acceptors (Lipinski definition) is 4. The van der Waals surface area contributed by atoms with E-state index in [2.05, 4.69) is 10.4 Å². The van der Waals surface area contributed by atoms with E-state index in [4.69, 9.17) is 5.84 Å². The first-order valence-electron chi connectivity index (χ1n) is 5.18. The summed E-state index contributed by atoms with van der Waals surface area (Å²) in [5.41, 5.74) is 2.90. The van der Waals surface area contributed by atoms with Gasteiger partial charge in [-0.1, -0.05) is 19.3 Å². The molecule has 78 valence electrons. The Bertz CT molecular complexity index is 293. The zero-order chi connectivity index (χ0) is 9.97. The lowest BCUT2D eigenvalue weighted by molar-refractivity contribution is 0.263. The largest absolute Gasteiger partial charge is 0.271 e. The van der Waals surface area contributed by atoms with E-state index in [0.29, 0.717) is 6.04 Å². The van der Waals surface area contributed by atoms with E-state index in [0.717, 1.165) is 17.3 Å². The van der Waals surface area contributed by atoms with Crippen molar-refractivity contribution in [1.82, 2.24) is 10.4 Å². The minimum absolute atomic E-state index is 0.312. The van der Waals surface area contributed by atoms with Crippen LogP contribution in [0.1, 0.15) is 41.6 Å². The molecule has 1 heterocycles. The fraction of sp³-hybridized carbons (Fsp3) is 0.700. The molecule has 1 aliphatic carbocycles. The normalized spacial score (nSPS) is 19.3. The molecule has 3 N–H and O–H groups in total. The zero-order valence-electron chi connectivity index (χ0n) is 8.49. The van der Waals surface area contributed by atoms with E-state index in [1.54, 1.807) is 11.3 Å². The van der Waals surface area contributed by atoms with Gasteiger partial charge in [0.2, 0.25) is 0 Å². The van der Waals surface area contributed by atoms with Gasteiger partial charge in [0.25, 0.3) is 0 Å². The summed E-state index contributed by atoms with van der Waals surface area (Å²) in [4.78, 5) is 5.53. The average Bonchev–Trinajstić information content (AvgIpc) is 2.50. The Kier molecular flexibility index (Phi) is 3.15. The Morgan fingerprint density at radius 2 is 2.50 bits per heavy atom. The molecule has 3 nitrogen and oxygen atoms in total. The van der Waals surface area contributed by atoms with Gasteiger partial charge in [-0.2, -0.15) is 0 Å². The third-order valence-corrected chi connectivity index (χ3v) is 4.00. The summed E-state index contributed by atoms with van der Waals surface area (Å²) in [5, 5.41) is 1.12. The predicted molar refractivity (Wildman–Crippen MR) is 58.9 cm³/mol.